The van der Waals surface area contributed by atoms with Crippen LogP contribution in [0.2, 0.25) is 0 Å². The molecule has 2 aromatic rings. The monoisotopic (exact) mass is 368 g/mol. The van der Waals surface area contributed by atoms with Gasteiger partial charge in [0.15, 0.2) is 4.90 Å². The molecule has 0 aromatic heterocycles. The summed E-state index contributed by atoms with van der Waals surface area (Å²) in [6, 6.07) is 12.3. The van der Waals surface area contributed by atoms with Gasteiger partial charge >= 0.3 is 0 Å². The van der Waals surface area contributed by atoms with Gasteiger partial charge < -0.3 is 0 Å². The van der Waals surface area contributed by atoms with Crippen LogP contribution in [0.5, 0.6) is 0 Å². The van der Waals surface area contributed by atoms with Crippen molar-refractivity contribution in [2.75, 3.05) is 0 Å². The molecule has 9 heteroatoms. The third-order valence-electron chi connectivity index (χ3n) is 3.21. The maximum absolute atomic E-state index is 12.4. The van der Waals surface area contributed by atoms with Gasteiger partial charge in [0.05, 0.1) is 11.0 Å². The van der Waals surface area contributed by atoms with Crippen LogP contribution in [0.25, 0.3) is 0 Å². The zero-order valence-electron chi connectivity index (χ0n) is 12.3. The molecule has 0 fully saturated rings. The Hall–Kier alpha value is -2.29. The van der Waals surface area contributed by atoms with E-state index in [1.807, 2.05) is 0 Å². The van der Waals surface area contributed by atoms with Crippen molar-refractivity contribution in [2.45, 2.75) is 17.4 Å². The Bertz CT molecular complexity index is 855. The second kappa shape index (κ2) is 7.52. The summed E-state index contributed by atoms with van der Waals surface area (Å²) in [5.74, 6) is 0. The molecule has 0 spiro atoms. The SMILES string of the molecule is O=C(Cl)[C@H](Cc1ccccc1)NS(=O)(=O)c1ccccc1[N+](=O)[O-]. The molecule has 1 N–H and O–H groups in total. The summed E-state index contributed by atoms with van der Waals surface area (Å²) in [6.07, 6.45) is 0.0308. The highest BCUT2D eigenvalue weighted by molar-refractivity contribution is 7.89. The normalized spacial score (nSPS) is 12.5. The Morgan fingerprint density at radius 3 is 2.29 bits per heavy atom. The number of benzene rings is 2. The van der Waals surface area contributed by atoms with Crippen molar-refractivity contribution in [3.63, 3.8) is 0 Å². The molecule has 0 bridgehead atoms. The number of rotatable bonds is 7. The third-order valence-corrected chi connectivity index (χ3v) is 4.99. The van der Waals surface area contributed by atoms with Crippen LogP contribution in [-0.4, -0.2) is 24.6 Å². The molecule has 0 aliphatic heterocycles. The Kier molecular flexibility index (Phi) is 5.66. The molecular weight excluding hydrogens is 356 g/mol. The molecule has 2 aromatic carbocycles. The van der Waals surface area contributed by atoms with Gasteiger partial charge in [-0.05, 0) is 29.7 Å². The zero-order valence-corrected chi connectivity index (χ0v) is 13.8. The molecule has 0 heterocycles. The number of sulfonamides is 1. The Labute approximate surface area is 143 Å². The fourth-order valence-electron chi connectivity index (χ4n) is 2.10. The van der Waals surface area contributed by atoms with Crippen LogP contribution >= 0.6 is 11.6 Å². The number of nitrogens with zero attached hydrogens (tertiary/aromatic N) is 1. The molecule has 0 radical (unpaired) electrons. The predicted octanol–water partition coefficient (Wildman–Crippen LogP) is 2.25. The minimum absolute atomic E-state index is 0.0308. The average molecular weight is 369 g/mol. The second-order valence-corrected chi connectivity index (χ2v) is 6.95. The lowest BCUT2D eigenvalue weighted by Gasteiger charge is -2.15. The molecule has 0 unspecified atom stereocenters. The number of nitro groups is 1. The fraction of sp³-hybridized carbons (Fsp3) is 0.133. The average Bonchev–Trinajstić information content (AvgIpc) is 2.55. The predicted molar refractivity (Wildman–Crippen MR) is 88.2 cm³/mol. The lowest BCUT2D eigenvalue weighted by atomic mass is 10.1. The van der Waals surface area contributed by atoms with Crippen LogP contribution < -0.4 is 4.72 Å². The van der Waals surface area contributed by atoms with Crippen molar-refractivity contribution in [3.8, 4) is 0 Å². The maximum Gasteiger partial charge on any atom is 0.289 e. The Balaban J connectivity index is 2.32. The molecule has 2 rings (SSSR count). The zero-order chi connectivity index (χ0) is 17.7. The van der Waals surface area contributed by atoms with Crippen molar-refractivity contribution in [2.24, 2.45) is 0 Å². The van der Waals surface area contributed by atoms with Gasteiger partial charge in [0.25, 0.3) is 5.69 Å². The smallest absolute Gasteiger partial charge is 0.279 e. The number of halogens is 1. The van der Waals surface area contributed by atoms with Crippen molar-refractivity contribution in [1.29, 1.82) is 0 Å². The summed E-state index contributed by atoms with van der Waals surface area (Å²) in [7, 11) is -4.30. The van der Waals surface area contributed by atoms with Gasteiger partial charge in [-0.25, -0.2) is 8.42 Å². The minimum atomic E-state index is -4.30. The van der Waals surface area contributed by atoms with Crippen molar-refractivity contribution in [1.82, 2.24) is 4.72 Å². The van der Waals surface area contributed by atoms with Gasteiger partial charge in [-0.3, -0.25) is 14.9 Å². The molecular formula is C15H13ClN2O5S. The van der Waals surface area contributed by atoms with Crippen LogP contribution in [0.4, 0.5) is 5.69 Å². The summed E-state index contributed by atoms with van der Waals surface area (Å²) in [5.41, 5.74) is 0.118. The Morgan fingerprint density at radius 2 is 1.71 bits per heavy atom. The van der Waals surface area contributed by atoms with E-state index < -0.39 is 36.8 Å². The summed E-state index contributed by atoms with van der Waals surface area (Å²) < 4.78 is 27.0. The number of para-hydroxylation sites is 1. The van der Waals surface area contributed by atoms with E-state index in [0.717, 1.165) is 12.1 Å². The van der Waals surface area contributed by atoms with E-state index in [2.05, 4.69) is 4.72 Å². The van der Waals surface area contributed by atoms with Gasteiger partial charge in [0, 0.05) is 6.07 Å². The quantitative estimate of drug-likeness (QED) is 0.458. The second-order valence-electron chi connectivity index (χ2n) is 4.89. The van der Waals surface area contributed by atoms with Gasteiger partial charge in [-0.2, -0.15) is 4.72 Å². The first-order chi connectivity index (χ1) is 11.3. The van der Waals surface area contributed by atoms with E-state index in [4.69, 9.17) is 11.6 Å². The first-order valence-corrected chi connectivity index (χ1v) is 8.66. The molecule has 0 saturated carbocycles. The van der Waals surface area contributed by atoms with Crippen molar-refractivity contribution >= 4 is 32.6 Å². The van der Waals surface area contributed by atoms with E-state index in [9.17, 15) is 23.3 Å². The van der Waals surface area contributed by atoms with E-state index in [1.165, 1.54) is 12.1 Å². The summed E-state index contributed by atoms with van der Waals surface area (Å²) in [6.45, 7) is 0. The number of hydrogen-bond acceptors (Lipinski definition) is 5. The van der Waals surface area contributed by atoms with E-state index in [0.29, 0.717) is 5.56 Å². The molecule has 0 aliphatic carbocycles. The lowest BCUT2D eigenvalue weighted by Crippen LogP contribution is -2.40. The summed E-state index contributed by atoms with van der Waals surface area (Å²) in [4.78, 5) is 21.3. The minimum Gasteiger partial charge on any atom is -0.279 e. The van der Waals surface area contributed by atoms with Crippen molar-refractivity contribution < 1.29 is 18.1 Å². The van der Waals surface area contributed by atoms with Gasteiger partial charge in [0.2, 0.25) is 15.3 Å². The molecule has 1 atom stereocenters. The van der Waals surface area contributed by atoms with Gasteiger partial charge in [0.1, 0.15) is 0 Å². The largest absolute Gasteiger partial charge is 0.289 e. The highest BCUT2D eigenvalue weighted by Gasteiger charge is 2.30. The van der Waals surface area contributed by atoms with E-state index in [-0.39, 0.29) is 6.42 Å². The van der Waals surface area contributed by atoms with E-state index in [1.54, 1.807) is 30.3 Å². The highest BCUT2D eigenvalue weighted by atomic mass is 35.5. The van der Waals surface area contributed by atoms with Gasteiger partial charge in [-0.1, -0.05) is 42.5 Å². The number of hydrogen-bond donors (Lipinski definition) is 1. The number of nitrogens with one attached hydrogen (secondary N) is 1. The Morgan fingerprint density at radius 1 is 1.12 bits per heavy atom. The van der Waals surface area contributed by atoms with Crippen LogP contribution in [0.15, 0.2) is 59.5 Å². The molecule has 7 nitrogen and oxygen atoms in total. The topological polar surface area (TPSA) is 106 Å². The van der Waals surface area contributed by atoms with Crippen LogP contribution in [0.1, 0.15) is 5.56 Å². The van der Waals surface area contributed by atoms with Crippen LogP contribution in [0, 0.1) is 10.1 Å². The van der Waals surface area contributed by atoms with Crippen molar-refractivity contribution in [3.05, 3.63) is 70.3 Å². The molecule has 0 amide bonds. The van der Waals surface area contributed by atoms with E-state index >= 15 is 0 Å². The number of nitro benzene ring substituents is 1. The molecule has 126 valence electrons. The fourth-order valence-corrected chi connectivity index (χ4v) is 3.67. The molecule has 0 aliphatic rings. The van der Waals surface area contributed by atoms with Crippen LogP contribution in [-0.2, 0) is 21.2 Å². The third kappa shape index (κ3) is 4.38. The summed E-state index contributed by atoms with van der Waals surface area (Å²) >= 11 is 5.49. The lowest BCUT2D eigenvalue weighted by molar-refractivity contribution is -0.387. The first kappa shape index (κ1) is 18.1. The van der Waals surface area contributed by atoms with Crippen LogP contribution in [0.3, 0.4) is 0 Å². The van der Waals surface area contributed by atoms with Gasteiger partial charge in [-0.15, -0.1) is 0 Å². The number of carbonyl (C=O) groups is 1. The molecule has 0 saturated heterocycles. The summed E-state index contributed by atoms with van der Waals surface area (Å²) in [5, 5.41) is 10.1. The highest BCUT2D eigenvalue weighted by Crippen LogP contribution is 2.23. The standard InChI is InChI=1S/C15H13ClN2O5S/c16-15(19)12(10-11-6-2-1-3-7-11)17-24(22,23)14-9-5-4-8-13(14)18(20)21/h1-9,12,17H,10H2/t12-/m0/s1. The number of carbonyl (C=O) groups excluding carboxylic acids is 1. The molecule has 24 heavy (non-hydrogen) atoms. The maximum atomic E-state index is 12.4. The first-order valence-electron chi connectivity index (χ1n) is 6.80.